The maximum absolute atomic E-state index is 13.2. The minimum atomic E-state index is -0.145. The number of carbonyl (C=O) groups excluding carboxylic acids is 2. The second-order valence-corrected chi connectivity index (χ2v) is 8.16. The van der Waals surface area contributed by atoms with E-state index in [1.807, 2.05) is 84.9 Å². The minimum absolute atomic E-state index is 0.0161. The molecule has 0 bridgehead atoms. The number of para-hydroxylation sites is 1. The smallest absolute Gasteiger partial charge is 0.265 e. The zero-order valence-electron chi connectivity index (χ0n) is 18.1. The molecule has 0 aromatic heterocycles. The number of hydrogen-bond acceptors (Lipinski definition) is 3. The number of carbonyl (C=O) groups is 2. The number of ether oxygens (including phenoxy) is 1. The van der Waals surface area contributed by atoms with Gasteiger partial charge in [0.15, 0.2) is 6.61 Å². The van der Waals surface area contributed by atoms with E-state index >= 15 is 0 Å². The van der Waals surface area contributed by atoms with E-state index in [4.69, 9.17) is 4.74 Å². The fourth-order valence-corrected chi connectivity index (χ4v) is 3.49. The minimum Gasteiger partial charge on any atom is -0.484 e. The largest absolute Gasteiger partial charge is 0.484 e. The summed E-state index contributed by atoms with van der Waals surface area (Å²) < 4.78 is 5.71. The van der Waals surface area contributed by atoms with Crippen LogP contribution >= 0.6 is 0 Å². The predicted molar refractivity (Wildman–Crippen MR) is 125 cm³/mol. The lowest BCUT2D eigenvalue weighted by Gasteiger charge is -2.24. The van der Waals surface area contributed by atoms with Crippen molar-refractivity contribution < 1.29 is 14.3 Å². The molecule has 0 unspecified atom stereocenters. The van der Waals surface area contributed by atoms with E-state index in [0.717, 1.165) is 23.4 Å². The van der Waals surface area contributed by atoms with E-state index in [1.165, 1.54) is 12.8 Å². The highest BCUT2D eigenvalue weighted by Crippen LogP contribution is 2.27. The summed E-state index contributed by atoms with van der Waals surface area (Å²) in [5.74, 6) is 1.17. The monoisotopic (exact) mass is 428 g/mol. The third-order valence-corrected chi connectivity index (χ3v) is 5.46. The molecule has 164 valence electrons. The van der Waals surface area contributed by atoms with E-state index in [-0.39, 0.29) is 18.4 Å². The Morgan fingerprint density at radius 2 is 1.56 bits per heavy atom. The Bertz CT molecular complexity index is 1030. The van der Waals surface area contributed by atoms with Crippen LogP contribution < -0.4 is 15.0 Å². The summed E-state index contributed by atoms with van der Waals surface area (Å²) in [4.78, 5) is 27.2. The van der Waals surface area contributed by atoms with Crippen molar-refractivity contribution in [2.75, 3.05) is 18.1 Å². The van der Waals surface area contributed by atoms with Gasteiger partial charge in [0.05, 0.1) is 13.0 Å². The van der Waals surface area contributed by atoms with Crippen molar-refractivity contribution >= 4 is 17.5 Å². The molecule has 0 spiro atoms. The van der Waals surface area contributed by atoms with Crippen molar-refractivity contribution in [3.8, 4) is 5.75 Å². The van der Waals surface area contributed by atoms with Crippen LogP contribution in [0.5, 0.6) is 5.75 Å². The second-order valence-electron chi connectivity index (χ2n) is 8.16. The van der Waals surface area contributed by atoms with Crippen LogP contribution in [0.4, 0.5) is 5.69 Å². The van der Waals surface area contributed by atoms with E-state index in [1.54, 1.807) is 4.90 Å². The first-order valence-electron chi connectivity index (χ1n) is 11.0. The maximum Gasteiger partial charge on any atom is 0.265 e. The van der Waals surface area contributed by atoms with Gasteiger partial charge in [0, 0.05) is 12.2 Å². The van der Waals surface area contributed by atoms with E-state index < -0.39 is 0 Å². The molecule has 32 heavy (non-hydrogen) atoms. The number of benzene rings is 3. The zero-order chi connectivity index (χ0) is 22.2. The number of nitrogens with zero attached hydrogens (tertiary/aromatic N) is 1. The summed E-state index contributed by atoms with van der Waals surface area (Å²) in [6.07, 6.45) is 2.71. The molecule has 1 aliphatic carbocycles. The molecule has 5 nitrogen and oxygen atoms in total. The first-order valence-corrected chi connectivity index (χ1v) is 11.0. The number of hydrogen-bond donors (Lipinski definition) is 1. The van der Waals surface area contributed by atoms with Crippen LogP contribution in [0.25, 0.3) is 0 Å². The topological polar surface area (TPSA) is 58.6 Å². The fourth-order valence-electron chi connectivity index (χ4n) is 3.49. The Balaban J connectivity index is 1.48. The molecule has 1 aliphatic rings. The lowest BCUT2D eigenvalue weighted by atomic mass is 10.1. The van der Waals surface area contributed by atoms with Crippen molar-refractivity contribution in [3.63, 3.8) is 0 Å². The maximum atomic E-state index is 13.2. The van der Waals surface area contributed by atoms with Crippen molar-refractivity contribution in [1.29, 1.82) is 0 Å². The second kappa shape index (κ2) is 10.6. The Hall–Kier alpha value is -3.60. The highest BCUT2D eigenvalue weighted by molar-refractivity contribution is 5.94. The molecule has 1 N–H and O–H groups in total. The number of anilines is 1. The molecule has 4 rings (SSSR count). The predicted octanol–water partition coefficient (Wildman–Crippen LogP) is 4.37. The molecular weight excluding hydrogens is 400 g/mol. The van der Waals surface area contributed by atoms with Crippen LogP contribution in [0, 0.1) is 5.92 Å². The van der Waals surface area contributed by atoms with Gasteiger partial charge in [0.1, 0.15) is 5.75 Å². The average molecular weight is 429 g/mol. The lowest BCUT2D eigenvalue weighted by Crippen LogP contribution is -2.34. The van der Waals surface area contributed by atoms with Crippen LogP contribution in [0.1, 0.15) is 24.0 Å². The summed E-state index contributed by atoms with van der Waals surface area (Å²) in [5, 5.41) is 3.00. The zero-order valence-corrected chi connectivity index (χ0v) is 18.1. The number of amides is 2. The Kier molecular flexibility index (Phi) is 7.18. The third-order valence-electron chi connectivity index (χ3n) is 5.46. The Labute approximate surface area is 189 Å². The van der Waals surface area contributed by atoms with Gasteiger partial charge < -0.3 is 15.0 Å². The van der Waals surface area contributed by atoms with Crippen LogP contribution in [0.3, 0.4) is 0 Å². The molecule has 0 heterocycles. The Morgan fingerprint density at radius 3 is 2.28 bits per heavy atom. The van der Waals surface area contributed by atoms with E-state index in [0.29, 0.717) is 24.6 Å². The highest BCUT2D eigenvalue weighted by atomic mass is 16.5. The first kappa shape index (κ1) is 21.6. The third kappa shape index (κ3) is 6.45. The van der Waals surface area contributed by atoms with Crippen molar-refractivity contribution in [2.24, 2.45) is 5.92 Å². The first-order chi connectivity index (χ1) is 15.7. The van der Waals surface area contributed by atoms with Crippen LogP contribution in [-0.2, 0) is 22.6 Å². The molecule has 2 amide bonds. The summed E-state index contributed by atoms with van der Waals surface area (Å²) in [7, 11) is 0. The van der Waals surface area contributed by atoms with Crippen LogP contribution in [0.2, 0.25) is 0 Å². The standard InChI is InChI=1S/C27H28N2O3/c30-26(28-18-21-14-15-21)17-23-10-7-11-24(16-23)29(19-22-8-3-1-4-9-22)27(31)20-32-25-12-5-2-6-13-25/h1-13,16,21H,14-15,17-20H2,(H,28,30). The van der Waals surface area contributed by atoms with E-state index in [2.05, 4.69) is 5.32 Å². The highest BCUT2D eigenvalue weighted by Gasteiger charge is 2.22. The van der Waals surface area contributed by atoms with E-state index in [9.17, 15) is 9.59 Å². The molecule has 0 radical (unpaired) electrons. The summed E-state index contributed by atoms with van der Waals surface area (Å²) in [6, 6.07) is 26.8. The Morgan fingerprint density at radius 1 is 0.875 bits per heavy atom. The van der Waals surface area contributed by atoms with Crippen molar-refractivity contribution in [1.82, 2.24) is 5.32 Å². The fraction of sp³-hybridized carbons (Fsp3) is 0.259. The summed E-state index contributed by atoms with van der Waals surface area (Å²) in [6.45, 7) is 1.12. The van der Waals surface area contributed by atoms with Crippen LogP contribution in [-0.4, -0.2) is 25.0 Å². The van der Waals surface area contributed by atoms with Gasteiger partial charge >= 0.3 is 0 Å². The average Bonchev–Trinajstić information content (AvgIpc) is 3.66. The van der Waals surface area contributed by atoms with Crippen molar-refractivity contribution in [2.45, 2.75) is 25.8 Å². The quantitative estimate of drug-likeness (QED) is 0.522. The van der Waals surface area contributed by atoms with Gasteiger partial charge in [0.25, 0.3) is 5.91 Å². The number of nitrogens with one attached hydrogen (secondary N) is 1. The van der Waals surface area contributed by atoms with Crippen LogP contribution in [0.15, 0.2) is 84.9 Å². The van der Waals surface area contributed by atoms with Gasteiger partial charge in [-0.05, 0) is 54.2 Å². The lowest BCUT2D eigenvalue weighted by molar-refractivity contribution is -0.121. The van der Waals surface area contributed by atoms with Crippen molar-refractivity contribution in [3.05, 3.63) is 96.1 Å². The molecule has 3 aromatic carbocycles. The van der Waals surface area contributed by atoms with Gasteiger partial charge in [-0.25, -0.2) is 0 Å². The number of rotatable bonds is 10. The molecule has 5 heteroatoms. The molecular formula is C27H28N2O3. The van der Waals surface area contributed by atoms with Gasteiger partial charge in [0.2, 0.25) is 5.91 Å². The van der Waals surface area contributed by atoms with Gasteiger partial charge in [-0.3, -0.25) is 9.59 Å². The normalized spacial score (nSPS) is 12.8. The molecule has 3 aromatic rings. The molecule has 1 saturated carbocycles. The molecule has 1 fully saturated rings. The van der Waals surface area contributed by atoms with Gasteiger partial charge in [-0.15, -0.1) is 0 Å². The molecule has 0 saturated heterocycles. The summed E-state index contributed by atoms with van der Waals surface area (Å²) >= 11 is 0. The molecule has 0 atom stereocenters. The van der Waals surface area contributed by atoms with Gasteiger partial charge in [-0.1, -0.05) is 60.7 Å². The molecule has 0 aliphatic heterocycles. The summed E-state index contributed by atoms with van der Waals surface area (Å²) in [5.41, 5.74) is 2.65. The SMILES string of the molecule is O=C(Cc1cccc(N(Cc2ccccc2)C(=O)COc2ccccc2)c1)NCC1CC1. The van der Waals surface area contributed by atoms with Gasteiger partial charge in [-0.2, -0.15) is 0 Å².